The number of alkyl halides is 1. The first kappa shape index (κ1) is 38.6. The van der Waals surface area contributed by atoms with Gasteiger partial charge in [0.2, 0.25) is 23.6 Å². The number of aromatic nitrogens is 3. The molecule has 0 aliphatic rings. The van der Waals surface area contributed by atoms with Crippen molar-refractivity contribution in [2.75, 3.05) is 58.1 Å². The summed E-state index contributed by atoms with van der Waals surface area (Å²) in [4.78, 5) is 50.9. The first-order chi connectivity index (χ1) is 22.2. The van der Waals surface area contributed by atoms with E-state index >= 15 is 0 Å². The van der Waals surface area contributed by atoms with E-state index in [1.165, 1.54) is 57.6 Å². The number of aryl methyl sites for hydroxylation is 2. The molecule has 3 rings (SSSR count). The Kier molecular flexibility index (Phi) is 14.8. The maximum atomic E-state index is 12.5. The summed E-state index contributed by atoms with van der Waals surface area (Å²) >= 11 is 5.76. The summed E-state index contributed by atoms with van der Waals surface area (Å²) in [5.74, 6) is -0.771. The number of carbonyl (C=O) groups is 3. The van der Waals surface area contributed by atoms with Crippen LogP contribution in [0.5, 0.6) is 11.8 Å². The molecule has 0 radical (unpaired) electrons. The fourth-order valence-electron chi connectivity index (χ4n) is 4.30. The van der Waals surface area contributed by atoms with E-state index in [4.69, 9.17) is 25.8 Å². The zero-order chi connectivity index (χ0) is 35.3. The molecule has 47 heavy (non-hydrogen) atoms. The third-order valence-corrected chi connectivity index (χ3v) is 7.90. The summed E-state index contributed by atoms with van der Waals surface area (Å²) in [6, 6.07) is 8.95. The highest BCUT2D eigenvalue weighted by Crippen LogP contribution is 2.28. The molecule has 17 heteroatoms. The van der Waals surface area contributed by atoms with Crippen molar-refractivity contribution in [3.8, 4) is 11.8 Å². The largest absolute Gasteiger partial charge is 0.481 e. The van der Waals surface area contributed by atoms with Crippen LogP contribution in [0.25, 0.3) is 0 Å². The van der Waals surface area contributed by atoms with Gasteiger partial charge in [-0.1, -0.05) is 25.1 Å². The molecule has 3 aromatic rings. The molecule has 2 N–H and O–H groups in total. The molecular weight excluding hydrogens is 654 g/mol. The van der Waals surface area contributed by atoms with Crippen molar-refractivity contribution < 1.29 is 37.0 Å². The Morgan fingerprint density at radius 2 is 1.66 bits per heavy atom. The molecule has 0 fully saturated rings. The normalized spacial score (nSPS) is 11.3. The van der Waals surface area contributed by atoms with Gasteiger partial charge in [-0.15, -0.1) is 11.6 Å². The van der Waals surface area contributed by atoms with Crippen molar-refractivity contribution in [1.82, 2.24) is 24.6 Å². The van der Waals surface area contributed by atoms with E-state index in [1.807, 2.05) is 26.0 Å². The number of hydrogen-bond donors (Lipinski definition) is 2. The average molecular weight is 694 g/mol. The first-order valence-electron chi connectivity index (χ1n) is 14.2. The van der Waals surface area contributed by atoms with Crippen molar-refractivity contribution in [3.63, 3.8) is 0 Å². The zero-order valence-corrected chi connectivity index (χ0v) is 29.1. The van der Waals surface area contributed by atoms with Crippen LogP contribution in [0.3, 0.4) is 0 Å². The molecule has 0 saturated heterocycles. The molecular formula is C30H40ClN7O8S. The Labute approximate surface area is 279 Å². The van der Waals surface area contributed by atoms with E-state index in [0.29, 0.717) is 6.61 Å². The maximum absolute atomic E-state index is 12.5. The van der Waals surface area contributed by atoms with Gasteiger partial charge in [0.1, 0.15) is 5.88 Å². The number of nitrogens with zero attached hydrogens (tertiary/aromatic N) is 5. The second kappa shape index (κ2) is 18.0. The number of methoxy groups -OCH3 is 3. The van der Waals surface area contributed by atoms with Gasteiger partial charge in [0.25, 0.3) is 15.9 Å². The van der Waals surface area contributed by atoms with E-state index < -0.39 is 27.0 Å². The summed E-state index contributed by atoms with van der Waals surface area (Å²) in [6.07, 6.45) is 2.07. The van der Waals surface area contributed by atoms with Crippen LogP contribution in [-0.2, 0) is 26.0 Å². The highest BCUT2D eigenvalue weighted by atomic mass is 35.5. The van der Waals surface area contributed by atoms with Gasteiger partial charge in [0, 0.05) is 27.4 Å². The standard InChI is InChI=1S/C15H22ClNO2.C15H18N6O6S/c1-5-13-8-6-7-11(2)15(13)17(14(18)9-16)12(3)10-19-4;1-21(2)13(22)9-6-5-7-16-12(9)28(24,25)20-15(23)19-14-17-10(26-3)8-11(18-14)27-4/h6-8,12H,5,9-10H2,1-4H3;5-8H,1-4H3,(H2,17,18,19,20,23)/t12-;/m0./s1. The maximum Gasteiger partial charge on any atom is 0.335 e. The minimum atomic E-state index is -4.46. The zero-order valence-electron chi connectivity index (χ0n) is 27.5. The highest BCUT2D eigenvalue weighted by Gasteiger charge is 2.27. The lowest BCUT2D eigenvalue weighted by molar-refractivity contribution is -0.116. The number of para-hydroxylation sites is 1. The number of ether oxygens (including phenoxy) is 3. The molecule has 256 valence electrons. The monoisotopic (exact) mass is 693 g/mol. The number of nitrogens with one attached hydrogen (secondary N) is 2. The van der Waals surface area contributed by atoms with E-state index in [1.54, 1.807) is 16.7 Å². The van der Waals surface area contributed by atoms with Gasteiger partial charge in [-0.2, -0.15) is 18.4 Å². The number of amides is 4. The number of sulfonamides is 1. The topological polar surface area (TPSA) is 182 Å². The van der Waals surface area contributed by atoms with Crippen LogP contribution in [0.1, 0.15) is 35.3 Å². The summed E-state index contributed by atoms with van der Waals surface area (Å²) in [5.41, 5.74) is 3.02. The number of rotatable bonds is 12. The van der Waals surface area contributed by atoms with E-state index in [9.17, 15) is 22.8 Å². The smallest absolute Gasteiger partial charge is 0.335 e. The van der Waals surface area contributed by atoms with Gasteiger partial charge < -0.3 is 24.0 Å². The van der Waals surface area contributed by atoms with E-state index in [2.05, 4.69) is 33.3 Å². The van der Waals surface area contributed by atoms with Gasteiger partial charge in [-0.05, 0) is 43.5 Å². The number of anilines is 2. The Hall–Kier alpha value is -4.54. The molecule has 1 aromatic carbocycles. The fourth-order valence-corrected chi connectivity index (χ4v) is 5.46. The lowest BCUT2D eigenvalue weighted by Crippen LogP contribution is -2.43. The predicted molar refractivity (Wildman–Crippen MR) is 177 cm³/mol. The average Bonchev–Trinajstić information content (AvgIpc) is 3.04. The molecule has 2 aromatic heterocycles. The molecule has 2 heterocycles. The number of pyridine rings is 1. The van der Waals surface area contributed by atoms with Crippen LogP contribution < -0.4 is 24.4 Å². The lowest BCUT2D eigenvalue weighted by atomic mass is 10.0. The van der Waals surface area contributed by atoms with Crippen LogP contribution in [0.2, 0.25) is 0 Å². The molecule has 0 bridgehead atoms. The minimum absolute atomic E-state index is 0.0223. The van der Waals surface area contributed by atoms with Crippen molar-refractivity contribution in [3.05, 3.63) is 59.3 Å². The van der Waals surface area contributed by atoms with Gasteiger partial charge in [0.15, 0.2) is 5.03 Å². The molecule has 0 spiro atoms. The van der Waals surface area contributed by atoms with E-state index in [0.717, 1.165) is 23.2 Å². The Morgan fingerprint density at radius 1 is 1.02 bits per heavy atom. The van der Waals surface area contributed by atoms with Crippen molar-refractivity contribution in [1.29, 1.82) is 0 Å². The summed E-state index contributed by atoms with van der Waals surface area (Å²) < 4.78 is 41.9. The third-order valence-electron chi connectivity index (χ3n) is 6.39. The van der Waals surface area contributed by atoms with Crippen molar-refractivity contribution >= 4 is 51.1 Å². The molecule has 1 atom stereocenters. The number of urea groups is 1. The fraction of sp³-hybridized carbons (Fsp3) is 0.400. The van der Waals surface area contributed by atoms with Crippen molar-refractivity contribution in [2.24, 2.45) is 0 Å². The number of hydrogen-bond acceptors (Lipinski definition) is 11. The van der Waals surface area contributed by atoms with Gasteiger partial charge in [0.05, 0.1) is 44.2 Å². The Balaban J connectivity index is 0.000000353. The van der Waals surface area contributed by atoms with Crippen LogP contribution in [0, 0.1) is 6.92 Å². The quantitative estimate of drug-likeness (QED) is 0.266. The van der Waals surface area contributed by atoms with E-state index in [-0.39, 0.29) is 41.1 Å². The van der Waals surface area contributed by atoms with Gasteiger partial charge in [-0.3, -0.25) is 14.9 Å². The molecule has 0 unspecified atom stereocenters. The summed E-state index contributed by atoms with van der Waals surface area (Å²) in [7, 11) is 2.79. The van der Waals surface area contributed by atoms with Crippen LogP contribution in [0.15, 0.2) is 47.6 Å². The van der Waals surface area contributed by atoms with Gasteiger partial charge >= 0.3 is 6.03 Å². The molecule has 4 amide bonds. The number of carbonyl (C=O) groups excluding carboxylic acids is 3. The summed E-state index contributed by atoms with van der Waals surface area (Å²) in [5, 5.41) is 1.56. The summed E-state index contributed by atoms with van der Waals surface area (Å²) in [6.45, 7) is 6.56. The number of benzene rings is 1. The van der Waals surface area contributed by atoms with Crippen LogP contribution in [-0.4, -0.2) is 100 Å². The second-order valence-corrected chi connectivity index (χ2v) is 11.9. The first-order valence-corrected chi connectivity index (χ1v) is 16.2. The third kappa shape index (κ3) is 10.5. The van der Waals surface area contributed by atoms with Crippen molar-refractivity contribution in [2.45, 2.75) is 38.3 Å². The SMILES string of the molecule is CCc1cccc(C)c1N(C(=O)CCl)[C@@H](C)COC.COc1cc(OC)nc(NC(=O)NS(=O)(=O)c2ncccc2C(=O)N(C)C)n1. The van der Waals surface area contributed by atoms with Crippen LogP contribution >= 0.6 is 11.6 Å². The minimum Gasteiger partial charge on any atom is -0.481 e. The second-order valence-electron chi connectivity index (χ2n) is 10.0. The molecule has 0 saturated carbocycles. The van der Waals surface area contributed by atoms with Gasteiger partial charge in [-0.25, -0.2) is 14.5 Å². The highest BCUT2D eigenvalue weighted by molar-refractivity contribution is 7.90. The van der Waals surface area contributed by atoms with Crippen LogP contribution in [0.4, 0.5) is 16.4 Å². The lowest BCUT2D eigenvalue weighted by Gasteiger charge is -2.31. The molecule has 15 nitrogen and oxygen atoms in total. The number of halogens is 1. The Bertz CT molecular complexity index is 1630. The Morgan fingerprint density at radius 3 is 2.19 bits per heavy atom. The molecule has 0 aliphatic carbocycles. The predicted octanol–water partition coefficient (Wildman–Crippen LogP) is 3.27. The molecule has 0 aliphatic heterocycles.